The topological polar surface area (TPSA) is 48.7 Å². The minimum Gasteiger partial charge on any atom is -0.477 e. The van der Waals surface area contributed by atoms with E-state index in [1.54, 1.807) is 4.57 Å². The van der Waals surface area contributed by atoms with Crippen molar-refractivity contribution in [3.05, 3.63) is 47.2 Å². The van der Waals surface area contributed by atoms with Crippen LogP contribution in [0.4, 0.5) is 0 Å². The van der Waals surface area contributed by atoms with Crippen molar-refractivity contribution in [2.75, 3.05) is 39.8 Å². The maximum absolute atomic E-state index is 11.7. The van der Waals surface area contributed by atoms with Crippen LogP contribution in [-0.2, 0) is 13.5 Å². The Bertz CT molecular complexity index is 813. The van der Waals surface area contributed by atoms with Gasteiger partial charge in [-0.05, 0) is 51.2 Å². The Hall–Kier alpha value is -2.11. The summed E-state index contributed by atoms with van der Waals surface area (Å²) in [7, 11) is 3.94. The van der Waals surface area contributed by atoms with Crippen molar-refractivity contribution in [2.24, 2.45) is 7.05 Å². The number of hydrogen-bond donors (Lipinski definition) is 1. The SMILES string of the molecule is CCN(CC)CC.CN1CCC=C(Cc2c(C(=O)O)n(C)c3ccccc23)C1. The Morgan fingerprint density at radius 2 is 1.75 bits per heavy atom. The Kier molecular flexibility index (Phi) is 8.27. The van der Waals surface area contributed by atoms with Crippen molar-refractivity contribution in [3.63, 3.8) is 0 Å². The first-order valence-corrected chi connectivity index (χ1v) is 10.3. The number of aromatic nitrogens is 1. The van der Waals surface area contributed by atoms with Crippen LogP contribution in [0.1, 0.15) is 43.2 Å². The summed E-state index contributed by atoms with van der Waals surface area (Å²) in [6.45, 7) is 12.1. The molecule has 28 heavy (non-hydrogen) atoms. The van der Waals surface area contributed by atoms with Crippen LogP contribution in [0.5, 0.6) is 0 Å². The lowest BCUT2D eigenvalue weighted by Gasteiger charge is -2.23. The van der Waals surface area contributed by atoms with E-state index in [2.05, 4.69) is 43.7 Å². The molecule has 2 heterocycles. The summed E-state index contributed by atoms with van der Waals surface area (Å²) in [5.41, 5.74) is 3.63. The van der Waals surface area contributed by atoms with E-state index in [1.165, 1.54) is 25.2 Å². The number of hydrogen-bond acceptors (Lipinski definition) is 3. The molecule has 0 radical (unpaired) electrons. The molecule has 0 spiro atoms. The third-order valence-corrected chi connectivity index (χ3v) is 5.58. The second-order valence-corrected chi connectivity index (χ2v) is 7.39. The van der Waals surface area contributed by atoms with Crippen LogP contribution in [0.25, 0.3) is 10.9 Å². The first-order chi connectivity index (χ1) is 13.4. The molecule has 0 saturated carbocycles. The van der Waals surface area contributed by atoms with Crippen molar-refractivity contribution in [2.45, 2.75) is 33.6 Å². The summed E-state index contributed by atoms with van der Waals surface area (Å²) in [6.07, 6.45) is 4.01. The molecule has 1 aliphatic rings. The molecule has 0 amide bonds. The van der Waals surface area contributed by atoms with Crippen LogP contribution in [0.15, 0.2) is 35.9 Å². The lowest BCUT2D eigenvalue weighted by molar-refractivity contribution is 0.0686. The number of carboxylic acids is 1. The van der Waals surface area contributed by atoms with E-state index < -0.39 is 5.97 Å². The van der Waals surface area contributed by atoms with E-state index in [0.29, 0.717) is 12.1 Å². The minimum absolute atomic E-state index is 0.408. The molecule has 5 heteroatoms. The van der Waals surface area contributed by atoms with Crippen molar-refractivity contribution in [1.29, 1.82) is 0 Å². The summed E-state index contributed by atoms with van der Waals surface area (Å²) in [6, 6.07) is 7.92. The average Bonchev–Trinajstić information content (AvgIpc) is 2.96. The number of likely N-dealkylation sites (N-methyl/N-ethyl adjacent to an activating group) is 1. The van der Waals surface area contributed by atoms with Gasteiger partial charge < -0.3 is 19.5 Å². The van der Waals surface area contributed by atoms with Gasteiger partial charge in [-0.3, -0.25) is 0 Å². The third kappa shape index (κ3) is 5.24. The van der Waals surface area contributed by atoms with Crippen LogP contribution in [0.3, 0.4) is 0 Å². The molecule has 0 atom stereocenters. The molecule has 1 aromatic carbocycles. The number of para-hydroxylation sites is 1. The van der Waals surface area contributed by atoms with E-state index in [1.807, 2.05) is 31.3 Å². The maximum atomic E-state index is 11.7. The molecule has 1 aromatic heterocycles. The maximum Gasteiger partial charge on any atom is 0.352 e. The molecular formula is C23H35N3O2. The van der Waals surface area contributed by atoms with Gasteiger partial charge in [0.05, 0.1) is 0 Å². The number of carboxylic acid groups (broad SMARTS) is 1. The molecule has 0 fully saturated rings. The molecular weight excluding hydrogens is 350 g/mol. The minimum atomic E-state index is -0.853. The standard InChI is InChI=1S/C17H20N2O2.C6H15N/c1-18-9-5-6-12(11-18)10-14-13-7-3-4-8-15(13)19(2)16(14)17(20)21;1-4-7(5-2)6-3/h3-4,6-8H,5,9-11H2,1-2H3,(H,20,21);4-6H2,1-3H3. The zero-order chi connectivity index (χ0) is 20.7. The van der Waals surface area contributed by atoms with Crippen molar-refractivity contribution < 1.29 is 9.90 Å². The number of fused-ring (bicyclic) bond motifs is 1. The van der Waals surface area contributed by atoms with Crippen LogP contribution in [-0.4, -0.2) is 65.2 Å². The molecule has 1 N–H and O–H groups in total. The molecule has 3 rings (SSSR count). The zero-order valence-corrected chi connectivity index (χ0v) is 18.0. The lowest BCUT2D eigenvalue weighted by atomic mass is 9.98. The number of aryl methyl sites for hydroxylation is 1. The van der Waals surface area contributed by atoms with Crippen LogP contribution < -0.4 is 0 Å². The number of benzene rings is 1. The second-order valence-electron chi connectivity index (χ2n) is 7.39. The molecule has 0 bridgehead atoms. The summed E-state index contributed by atoms with van der Waals surface area (Å²) in [5, 5.41) is 10.6. The van der Waals surface area contributed by atoms with Gasteiger partial charge in [-0.15, -0.1) is 0 Å². The van der Waals surface area contributed by atoms with Crippen LogP contribution in [0, 0.1) is 0 Å². The average molecular weight is 386 g/mol. The summed E-state index contributed by atoms with van der Waals surface area (Å²) >= 11 is 0. The highest BCUT2D eigenvalue weighted by Crippen LogP contribution is 2.28. The molecule has 0 unspecified atom stereocenters. The van der Waals surface area contributed by atoms with Crippen molar-refractivity contribution in [3.8, 4) is 0 Å². The lowest BCUT2D eigenvalue weighted by Crippen LogP contribution is -2.26. The smallest absolute Gasteiger partial charge is 0.352 e. The van der Waals surface area contributed by atoms with Gasteiger partial charge in [-0.25, -0.2) is 4.79 Å². The van der Waals surface area contributed by atoms with Gasteiger partial charge in [-0.1, -0.05) is 50.6 Å². The normalized spacial score (nSPS) is 14.7. The summed E-state index contributed by atoms with van der Waals surface area (Å²) in [5.74, 6) is -0.853. The molecule has 2 aromatic rings. The molecule has 0 aliphatic carbocycles. The van der Waals surface area contributed by atoms with Gasteiger partial charge in [0.1, 0.15) is 5.69 Å². The number of carbonyl (C=O) groups is 1. The van der Waals surface area contributed by atoms with E-state index in [4.69, 9.17) is 0 Å². The van der Waals surface area contributed by atoms with Gasteiger partial charge in [0.25, 0.3) is 0 Å². The van der Waals surface area contributed by atoms with Gasteiger partial charge in [0.2, 0.25) is 0 Å². The Balaban J connectivity index is 0.000000345. The van der Waals surface area contributed by atoms with E-state index in [9.17, 15) is 9.90 Å². The summed E-state index contributed by atoms with van der Waals surface area (Å²) in [4.78, 5) is 16.3. The van der Waals surface area contributed by atoms with Gasteiger partial charge >= 0.3 is 5.97 Å². The van der Waals surface area contributed by atoms with Crippen LogP contribution >= 0.6 is 0 Å². The van der Waals surface area contributed by atoms with Gasteiger partial charge in [0.15, 0.2) is 0 Å². The molecule has 5 nitrogen and oxygen atoms in total. The highest BCUT2D eigenvalue weighted by atomic mass is 16.4. The summed E-state index contributed by atoms with van der Waals surface area (Å²) < 4.78 is 1.79. The van der Waals surface area contributed by atoms with Gasteiger partial charge in [-0.2, -0.15) is 0 Å². The predicted octanol–water partition coefficient (Wildman–Crippen LogP) is 4.03. The zero-order valence-electron chi connectivity index (χ0n) is 18.0. The third-order valence-electron chi connectivity index (χ3n) is 5.58. The number of nitrogens with zero attached hydrogens (tertiary/aromatic N) is 3. The first kappa shape index (κ1) is 22.2. The Morgan fingerprint density at radius 3 is 2.29 bits per heavy atom. The molecule has 1 aliphatic heterocycles. The number of aromatic carboxylic acids is 1. The largest absolute Gasteiger partial charge is 0.477 e. The fourth-order valence-corrected chi connectivity index (χ4v) is 3.93. The Morgan fingerprint density at radius 1 is 1.11 bits per heavy atom. The molecule has 154 valence electrons. The van der Waals surface area contributed by atoms with Crippen LogP contribution in [0.2, 0.25) is 0 Å². The fourth-order valence-electron chi connectivity index (χ4n) is 3.93. The van der Waals surface area contributed by atoms with Gasteiger partial charge in [0, 0.05) is 31.0 Å². The van der Waals surface area contributed by atoms with E-state index in [-0.39, 0.29) is 0 Å². The predicted molar refractivity (Wildman–Crippen MR) is 117 cm³/mol. The first-order valence-electron chi connectivity index (χ1n) is 10.3. The van der Waals surface area contributed by atoms with Crippen molar-refractivity contribution in [1.82, 2.24) is 14.4 Å². The quantitative estimate of drug-likeness (QED) is 0.763. The Labute approximate surface area is 169 Å². The molecule has 0 saturated heterocycles. The highest BCUT2D eigenvalue weighted by Gasteiger charge is 2.21. The van der Waals surface area contributed by atoms with E-state index >= 15 is 0 Å². The second kappa shape index (κ2) is 10.4. The van der Waals surface area contributed by atoms with Crippen molar-refractivity contribution >= 4 is 16.9 Å². The van der Waals surface area contributed by atoms with E-state index in [0.717, 1.165) is 36.0 Å². The number of rotatable bonds is 6. The highest BCUT2D eigenvalue weighted by molar-refractivity contribution is 5.98. The monoisotopic (exact) mass is 385 g/mol. The fraction of sp³-hybridized carbons (Fsp3) is 0.522.